The second-order valence-corrected chi connectivity index (χ2v) is 6.81. The Morgan fingerprint density at radius 3 is 2.79 bits per heavy atom. The Bertz CT molecular complexity index is 511. The highest BCUT2D eigenvalue weighted by Crippen LogP contribution is 2.20. The van der Waals surface area contributed by atoms with Crippen molar-refractivity contribution < 1.29 is 9.53 Å². The smallest absolute Gasteiger partial charge is 0.225 e. The average molecular weight is 332 g/mol. The lowest BCUT2D eigenvalue weighted by Gasteiger charge is -2.38. The van der Waals surface area contributed by atoms with Gasteiger partial charge in [0, 0.05) is 38.1 Å². The van der Waals surface area contributed by atoms with Crippen LogP contribution in [0, 0.1) is 0 Å². The van der Waals surface area contributed by atoms with E-state index >= 15 is 0 Å². The van der Waals surface area contributed by atoms with Gasteiger partial charge in [0.05, 0.1) is 19.1 Å². The zero-order valence-electron chi connectivity index (χ0n) is 14.5. The lowest BCUT2D eigenvalue weighted by Crippen LogP contribution is -2.48. The van der Waals surface area contributed by atoms with Crippen molar-refractivity contribution in [2.24, 2.45) is 0 Å². The predicted octanol–water partition coefficient (Wildman–Crippen LogP) is 0.883. The van der Waals surface area contributed by atoms with Gasteiger partial charge in [-0.3, -0.25) is 9.78 Å². The molecule has 2 aliphatic rings. The number of morpholine rings is 1. The fraction of sp³-hybridized carbons (Fsp3) is 0.667. The van der Waals surface area contributed by atoms with E-state index in [1.807, 2.05) is 12.1 Å². The molecule has 0 aromatic carbocycles. The molecule has 132 valence electrons. The first-order valence-corrected chi connectivity index (χ1v) is 8.91. The van der Waals surface area contributed by atoms with Crippen LogP contribution in [0.3, 0.4) is 0 Å². The van der Waals surface area contributed by atoms with Crippen LogP contribution in [0.15, 0.2) is 24.5 Å². The molecule has 1 atom stereocenters. The van der Waals surface area contributed by atoms with Crippen molar-refractivity contribution in [3.63, 3.8) is 0 Å². The van der Waals surface area contributed by atoms with E-state index in [1.54, 1.807) is 12.4 Å². The summed E-state index contributed by atoms with van der Waals surface area (Å²) in [5.74, 6) is 0.204. The first-order valence-electron chi connectivity index (χ1n) is 8.91. The summed E-state index contributed by atoms with van der Waals surface area (Å²) < 4.78 is 5.73. The van der Waals surface area contributed by atoms with Gasteiger partial charge < -0.3 is 19.9 Å². The van der Waals surface area contributed by atoms with Gasteiger partial charge in [0.15, 0.2) is 0 Å². The zero-order chi connectivity index (χ0) is 16.8. The maximum Gasteiger partial charge on any atom is 0.225 e. The van der Waals surface area contributed by atoms with Gasteiger partial charge in [-0.1, -0.05) is 0 Å². The van der Waals surface area contributed by atoms with Gasteiger partial charge in [-0.2, -0.15) is 0 Å². The van der Waals surface area contributed by atoms with Crippen LogP contribution in [0.4, 0.5) is 0 Å². The predicted molar refractivity (Wildman–Crippen MR) is 92.5 cm³/mol. The largest absolute Gasteiger partial charge is 0.375 e. The Kier molecular flexibility index (Phi) is 6.18. The van der Waals surface area contributed by atoms with Crippen LogP contribution in [0.2, 0.25) is 0 Å². The van der Waals surface area contributed by atoms with Crippen LogP contribution in [-0.2, 0) is 16.1 Å². The lowest BCUT2D eigenvalue weighted by atomic mass is 10.0. The van der Waals surface area contributed by atoms with Crippen LogP contribution in [0.5, 0.6) is 0 Å². The topological polar surface area (TPSA) is 57.7 Å². The van der Waals surface area contributed by atoms with Crippen LogP contribution >= 0.6 is 0 Å². The molecule has 6 heteroatoms. The number of nitrogens with one attached hydrogen (secondary N) is 1. The average Bonchev–Trinajstić information content (AvgIpc) is 2.62. The molecule has 1 N–H and O–H groups in total. The molecule has 2 fully saturated rings. The fourth-order valence-corrected chi connectivity index (χ4v) is 3.48. The first kappa shape index (κ1) is 17.3. The van der Waals surface area contributed by atoms with Crippen molar-refractivity contribution in [1.82, 2.24) is 20.1 Å². The number of aromatic nitrogens is 1. The second-order valence-electron chi connectivity index (χ2n) is 6.81. The number of carbonyl (C=O) groups excluding carboxylic acids is 1. The summed E-state index contributed by atoms with van der Waals surface area (Å²) in [5, 5.41) is 3.30. The van der Waals surface area contributed by atoms with Crippen LogP contribution < -0.4 is 5.32 Å². The van der Waals surface area contributed by atoms with E-state index in [0.29, 0.717) is 25.6 Å². The highest BCUT2D eigenvalue weighted by Gasteiger charge is 2.29. The third-order valence-corrected chi connectivity index (χ3v) is 4.96. The number of hydrogen-bond acceptors (Lipinski definition) is 5. The van der Waals surface area contributed by atoms with Gasteiger partial charge >= 0.3 is 0 Å². The molecule has 1 aromatic heterocycles. The summed E-state index contributed by atoms with van der Waals surface area (Å²) in [6.07, 6.45) is 6.12. The van der Waals surface area contributed by atoms with Crippen molar-refractivity contribution >= 4 is 5.91 Å². The molecule has 0 aliphatic carbocycles. The third kappa shape index (κ3) is 4.75. The SMILES string of the molecule is CN1CCC(N(Cc2ccncc2)C(=O)C[C@H]2CNCCO2)CC1. The minimum absolute atomic E-state index is 0.00236. The summed E-state index contributed by atoms with van der Waals surface area (Å²) >= 11 is 0. The summed E-state index contributed by atoms with van der Waals surface area (Å²) in [4.78, 5) is 21.5. The number of rotatable bonds is 5. The number of carbonyl (C=O) groups is 1. The number of amides is 1. The summed E-state index contributed by atoms with van der Waals surface area (Å²) in [6.45, 7) is 5.09. The Morgan fingerprint density at radius 1 is 1.38 bits per heavy atom. The molecule has 6 nitrogen and oxygen atoms in total. The highest BCUT2D eigenvalue weighted by molar-refractivity contribution is 5.77. The first-order chi connectivity index (χ1) is 11.7. The summed E-state index contributed by atoms with van der Waals surface area (Å²) in [7, 11) is 2.15. The molecule has 0 spiro atoms. The van der Waals surface area contributed by atoms with E-state index in [4.69, 9.17) is 4.74 Å². The Labute approximate surface area is 144 Å². The molecular formula is C18H28N4O2. The van der Waals surface area contributed by atoms with Crippen molar-refractivity contribution in [2.45, 2.75) is 38.0 Å². The molecule has 1 amide bonds. The number of nitrogens with zero attached hydrogens (tertiary/aromatic N) is 3. The normalized spacial score (nSPS) is 23.1. The molecule has 0 saturated carbocycles. The zero-order valence-corrected chi connectivity index (χ0v) is 14.5. The fourth-order valence-electron chi connectivity index (χ4n) is 3.48. The van der Waals surface area contributed by atoms with Crippen molar-refractivity contribution in [3.8, 4) is 0 Å². The molecule has 0 unspecified atom stereocenters. The molecule has 3 heterocycles. The second kappa shape index (κ2) is 8.55. The molecule has 24 heavy (non-hydrogen) atoms. The van der Waals surface area contributed by atoms with Crippen LogP contribution in [0.25, 0.3) is 0 Å². The van der Waals surface area contributed by atoms with E-state index in [2.05, 4.69) is 27.1 Å². The van der Waals surface area contributed by atoms with Crippen LogP contribution in [0.1, 0.15) is 24.8 Å². The summed E-state index contributed by atoms with van der Waals surface area (Å²) in [6, 6.07) is 4.31. The Morgan fingerprint density at radius 2 is 2.12 bits per heavy atom. The molecule has 1 aromatic rings. The van der Waals surface area contributed by atoms with Crippen LogP contribution in [-0.4, -0.2) is 72.7 Å². The van der Waals surface area contributed by atoms with E-state index in [1.165, 1.54) is 0 Å². The van der Waals surface area contributed by atoms with Crippen molar-refractivity contribution in [3.05, 3.63) is 30.1 Å². The quantitative estimate of drug-likeness (QED) is 0.868. The molecule has 3 rings (SSSR count). The van der Waals surface area contributed by atoms with E-state index in [-0.39, 0.29) is 12.0 Å². The number of ether oxygens (including phenoxy) is 1. The number of hydrogen-bond donors (Lipinski definition) is 1. The minimum Gasteiger partial charge on any atom is -0.375 e. The van der Waals surface area contributed by atoms with Gasteiger partial charge in [0.25, 0.3) is 0 Å². The van der Waals surface area contributed by atoms with Crippen molar-refractivity contribution in [1.29, 1.82) is 0 Å². The van der Waals surface area contributed by atoms with Crippen molar-refractivity contribution in [2.75, 3.05) is 39.8 Å². The standard InChI is InChI=1S/C18H28N4O2/c1-21-9-4-16(5-10-21)22(14-15-2-6-19-7-3-15)18(23)12-17-13-20-8-11-24-17/h2-3,6-7,16-17,20H,4-5,8-14H2,1H3/t17-/m0/s1. The van der Waals surface area contributed by atoms with Gasteiger partial charge in [0.1, 0.15) is 0 Å². The third-order valence-electron chi connectivity index (χ3n) is 4.96. The monoisotopic (exact) mass is 332 g/mol. The van der Waals surface area contributed by atoms with Gasteiger partial charge in [-0.15, -0.1) is 0 Å². The molecule has 0 bridgehead atoms. The lowest BCUT2D eigenvalue weighted by molar-refractivity contribution is -0.138. The van der Waals surface area contributed by atoms with E-state index < -0.39 is 0 Å². The highest BCUT2D eigenvalue weighted by atomic mass is 16.5. The number of pyridine rings is 1. The Hall–Kier alpha value is -1.50. The molecule has 2 aliphatic heterocycles. The minimum atomic E-state index is -0.00236. The molecule has 2 saturated heterocycles. The Balaban J connectivity index is 1.67. The van der Waals surface area contributed by atoms with Gasteiger partial charge in [-0.25, -0.2) is 0 Å². The van der Waals surface area contributed by atoms with E-state index in [9.17, 15) is 4.79 Å². The molecule has 0 radical (unpaired) electrons. The number of likely N-dealkylation sites (tertiary alicyclic amines) is 1. The van der Waals surface area contributed by atoms with Gasteiger partial charge in [0.2, 0.25) is 5.91 Å². The summed E-state index contributed by atoms with van der Waals surface area (Å²) in [5.41, 5.74) is 1.14. The van der Waals surface area contributed by atoms with Gasteiger partial charge in [-0.05, 0) is 50.7 Å². The molecular weight excluding hydrogens is 304 g/mol. The van der Waals surface area contributed by atoms with E-state index in [0.717, 1.165) is 44.6 Å². The maximum absolute atomic E-state index is 13.0. The number of piperidine rings is 1. The maximum atomic E-state index is 13.0.